The highest BCUT2D eigenvalue weighted by atomic mass is 16.3. The number of aliphatic hydroxyl groups is 1. The first-order valence-electron chi connectivity index (χ1n) is 5.60. The Morgan fingerprint density at radius 3 is 2.94 bits per heavy atom. The number of anilines is 1. The van der Waals surface area contributed by atoms with Crippen LogP contribution in [-0.4, -0.2) is 33.4 Å². The molecule has 0 radical (unpaired) electrons. The minimum Gasteiger partial charge on any atom is -0.399 e. The molecule has 6 heteroatoms. The summed E-state index contributed by atoms with van der Waals surface area (Å²) in [4.78, 5) is 12.1. The highest BCUT2D eigenvalue weighted by Gasteiger charge is 2.22. The van der Waals surface area contributed by atoms with E-state index in [9.17, 15) is 4.79 Å². The van der Waals surface area contributed by atoms with E-state index in [-0.39, 0.29) is 18.2 Å². The van der Waals surface area contributed by atoms with E-state index in [0.29, 0.717) is 11.1 Å². The van der Waals surface area contributed by atoms with Gasteiger partial charge in [-0.05, 0) is 32.0 Å². The van der Waals surface area contributed by atoms with Crippen molar-refractivity contribution in [3.8, 4) is 0 Å². The first-order valence-corrected chi connectivity index (χ1v) is 5.60. The summed E-state index contributed by atoms with van der Waals surface area (Å²) < 4.78 is 0. The Labute approximate surface area is 104 Å². The Morgan fingerprint density at radius 2 is 2.28 bits per heavy atom. The van der Waals surface area contributed by atoms with Crippen LogP contribution in [0, 0.1) is 0 Å². The SMILES string of the molecule is CC(C)(CO)NC(=O)c1n[nH]c2ccc(N)cc12. The van der Waals surface area contributed by atoms with Gasteiger partial charge < -0.3 is 16.2 Å². The van der Waals surface area contributed by atoms with E-state index in [2.05, 4.69) is 15.5 Å². The normalized spacial score (nSPS) is 11.7. The number of amides is 1. The molecule has 18 heavy (non-hydrogen) atoms. The number of carbonyl (C=O) groups is 1. The molecule has 2 rings (SSSR count). The molecule has 2 aromatic rings. The zero-order valence-electron chi connectivity index (χ0n) is 10.3. The van der Waals surface area contributed by atoms with Crippen molar-refractivity contribution in [2.45, 2.75) is 19.4 Å². The molecule has 0 spiro atoms. The molecule has 1 aromatic carbocycles. The van der Waals surface area contributed by atoms with Crippen LogP contribution in [0.15, 0.2) is 18.2 Å². The van der Waals surface area contributed by atoms with Gasteiger partial charge in [-0.1, -0.05) is 0 Å². The quantitative estimate of drug-likeness (QED) is 0.598. The van der Waals surface area contributed by atoms with Crippen LogP contribution in [0.4, 0.5) is 5.69 Å². The van der Waals surface area contributed by atoms with Crippen LogP contribution in [0.1, 0.15) is 24.3 Å². The Kier molecular flexibility index (Phi) is 2.96. The van der Waals surface area contributed by atoms with Gasteiger partial charge in [-0.15, -0.1) is 0 Å². The molecule has 0 fully saturated rings. The highest BCUT2D eigenvalue weighted by molar-refractivity contribution is 6.05. The molecule has 0 aliphatic rings. The molecule has 1 aromatic heterocycles. The maximum absolute atomic E-state index is 12.1. The predicted molar refractivity (Wildman–Crippen MR) is 69.1 cm³/mol. The van der Waals surface area contributed by atoms with Gasteiger partial charge in [0.15, 0.2) is 5.69 Å². The minimum absolute atomic E-state index is 0.150. The number of aromatic amines is 1. The number of benzene rings is 1. The fourth-order valence-electron chi connectivity index (χ4n) is 1.61. The second kappa shape index (κ2) is 4.30. The van der Waals surface area contributed by atoms with Crippen LogP contribution < -0.4 is 11.1 Å². The summed E-state index contributed by atoms with van der Waals surface area (Å²) in [6, 6.07) is 5.20. The van der Waals surface area contributed by atoms with Gasteiger partial charge in [0.2, 0.25) is 0 Å². The number of H-pyrrole nitrogens is 1. The van der Waals surface area contributed by atoms with E-state index >= 15 is 0 Å². The lowest BCUT2D eigenvalue weighted by molar-refractivity contribution is 0.0866. The molecular formula is C12H16N4O2. The smallest absolute Gasteiger partial charge is 0.272 e. The summed E-state index contributed by atoms with van der Waals surface area (Å²) in [6.45, 7) is 3.31. The van der Waals surface area contributed by atoms with Crippen molar-refractivity contribution >= 4 is 22.5 Å². The lowest BCUT2D eigenvalue weighted by atomic mass is 10.1. The minimum atomic E-state index is -0.692. The number of hydrogen-bond donors (Lipinski definition) is 4. The lowest BCUT2D eigenvalue weighted by Crippen LogP contribution is -2.46. The highest BCUT2D eigenvalue weighted by Crippen LogP contribution is 2.19. The van der Waals surface area contributed by atoms with Gasteiger partial charge in [-0.25, -0.2) is 0 Å². The third-order valence-electron chi connectivity index (χ3n) is 2.65. The predicted octanol–water partition coefficient (Wildman–Crippen LogP) is 0.646. The number of nitrogens with two attached hydrogens (primary N) is 1. The fourth-order valence-corrected chi connectivity index (χ4v) is 1.61. The summed E-state index contributed by atoms with van der Waals surface area (Å²) in [5.74, 6) is -0.342. The molecule has 0 saturated carbocycles. The molecule has 5 N–H and O–H groups in total. The molecule has 0 bridgehead atoms. The van der Waals surface area contributed by atoms with E-state index in [1.807, 2.05) is 0 Å². The number of nitrogens with one attached hydrogen (secondary N) is 2. The summed E-state index contributed by atoms with van der Waals surface area (Å²) in [6.07, 6.45) is 0. The standard InChI is InChI=1S/C12H16N4O2/c1-12(2,6-17)14-11(18)10-8-5-7(13)3-4-9(8)15-16-10/h3-5,17H,6,13H2,1-2H3,(H,14,18)(H,15,16). The van der Waals surface area contributed by atoms with E-state index in [0.717, 1.165) is 5.52 Å². The van der Waals surface area contributed by atoms with Crippen molar-refractivity contribution in [3.63, 3.8) is 0 Å². The van der Waals surface area contributed by atoms with Crippen molar-refractivity contribution in [1.29, 1.82) is 0 Å². The zero-order chi connectivity index (χ0) is 13.3. The van der Waals surface area contributed by atoms with Crippen LogP contribution in [-0.2, 0) is 0 Å². The van der Waals surface area contributed by atoms with Gasteiger partial charge in [0, 0.05) is 11.1 Å². The average molecular weight is 248 g/mol. The average Bonchev–Trinajstić information content (AvgIpc) is 2.71. The number of carbonyl (C=O) groups excluding carboxylic acids is 1. The topological polar surface area (TPSA) is 104 Å². The lowest BCUT2D eigenvalue weighted by Gasteiger charge is -2.22. The van der Waals surface area contributed by atoms with Crippen molar-refractivity contribution in [3.05, 3.63) is 23.9 Å². The van der Waals surface area contributed by atoms with E-state index in [1.165, 1.54) is 0 Å². The molecular weight excluding hydrogens is 232 g/mol. The number of fused-ring (bicyclic) bond motifs is 1. The first kappa shape index (κ1) is 12.4. The molecule has 96 valence electrons. The van der Waals surface area contributed by atoms with Crippen molar-refractivity contribution in [1.82, 2.24) is 15.5 Å². The third kappa shape index (κ3) is 2.28. The molecule has 6 nitrogen and oxygen atoms in total. The molecule has 1 heterocycles. The van der Waals surface area contributed by atoms with E-state index in [1.54, 1.807) is 32.0 Å². The number of hydrogen-bond acceptors (Lipinski definition) is 4. The van der Waals surface area contributed by atoms with E-state index < -0.39 is 5.54 Å². The van der Waals surface area contributed by atoms with Gasteiger partial charge in [0.25, 0.3) is 5.91 Å². The summed E-state index contributed by atoms with van der Waals surface area (Å²) in [7, 11) is 0. The van der Waals surface area contributed by atoms with Gasteiger partial charge in [0.05, 0.1) is 17.7 Å². The Balaban J connectivity index is 2.36. The summed E-state index contributed by atoms with van der Waals surface area (Å²) in [5.41, 5.74) is 6.59. The number of aromatic nitrogens is 2. The largest absolute Gasteiger partial charge is 0.399 e. The summed E-state index contributed by atoms with van der Waals surface area (Å²) >= 11 is 0. The number of nitrogen functional groups attached to an aromatic ring is 1. The summed E-state index contributed by atoms with van der Waals surface area (Å²) in [5, 5.41) is 19.3. The van der Waals surface area contributed by atoms with Crippen LogP contribution in [0.5, 0.6) is 0 Å². The van der Waals surface area contributed by atoms with Crippen molar-refractivity contribution in [2.75, 3.05) is 12.3 Å². The van der Waals surface area contributed by atoms with Crippen LogP contribution >= 0.6 is 0 Å². The van der Waals surface area contributed by atoms with Crippen LogP contribution in [0.3, 0.4) is 0 Å². The monoisotopic (exact) mass is 248 g/mol. The van der Waals surface area contributed by atoms with Gasteiger partial charge in [0.1, 0.15) is 0 Å². The molecule has 0 aliphatic carbocycles. The Hall–Kier alpha value is -2.08. The van der Waals surface area contributed by atoms with Crippen molar-refractivity contribution < 1.29 is 9.90 Å². The Bertz CT molecular complexity index is 589. The maximum Gasteiger partial charge on any atom is 0.272 e. The number of aliphatic hydroxyl groups excluding tert-OH is 1. The second-order valence-corrected chi connectivity index (χ2v) is 4.87. The molecule has 1 amide bonds. The van der Waals surface area contributed by atoms with E-state index in [4.69, 9.17) is 10.8 Å². The molecule has 0 unspecified atom stereocenters. The third-order valence-corrected chi connectivity index (χ3v) is 2.65. The maximum atomic E-state index is 12.1. The second-order valence-electron chi connectivity index (χ2n) is 4.87. The van der Waals surface area contributed by atoms with Crippen molar-refractivity contribution in [2.24, 2.45) is 0 Å². The van der Waals surface area contributed by atoms with Gasteiger partial charge in [-0.2, -0.15) is 5.10 Å². The molecule has 0 aliphatic heterocycles. The van der Waals surface area contributed by atoms with Crippen LogP contribution in [0.25, 0.3) is 10.9 Å². The molecule has 0 atom stereocenters. The van der Waals surface area contributed by atoms with Crippen LogP contribution in [0.2, 0.25) is 0 Å². The number of nitrogens with zero attached hydrogens (tertiary/aromatic N) is 1. The number of rotatable bonds is 3. The van der Waals surface area contributed by atoms with Gasteiger partial charge >= 0.3 is 0 Å². The fraction of sp³-hybridized carbons (Fsp3) is 0.333. The molecule has 0 saturated heterocycles. The Morgan fingerprint density at radius 1 is 1.56 bits per heavy atom. The first-order chi connectivity index (χ1) is 8.43. The van der Waals surface area contributed by atoms with Gasteiger partial charge in [-0.3, -0.25) is 9.89 Å². The zero-order valence-corrected chi connectivity index (χ0v) is 10.3.